The Morgan fingerprint density at radius 2 is 1.73 bits per heavy atom. The Kier molecular flexibility index (Phi) is 6.05. The molecular formula is C24H19BrO5. The van der Waals surface area contributed by atoms with Crippen molar-refractivity contribution < 1.29 is 18.6 Å². The van der Waals surface area contributed by atoms with E-state index in [4.69, 9.17) is 18.6 Å². The van der Waals surface area contributed by atoms with Crippen LogP contribution in [0.2, 0.25) is 0 Å². The van der Waals surface area contributed by atoms with Gasteiger partial charge in [-0.05, 0) is 48.9 Å². The third-order valence-corrected chi connectivity index (χ3v) is 4.87. The van der Waals surface area contributed by atoms with E-state index in [1.807, 2.05) is 43.3 Å². The minimum absolute atomic E-state index is 0.0949. The lowest BCUT2D eigenvalue weighted by atomic mass is 10.2. The van der Waals surface area contributed by atoms with Crippen LogP contribution in [0, 0.1) is 0 Å². The van der Waals surface area contributed by atoms with Crippen molar-refractivity contribution in [2.75, 3.05) is 6.61 Å². The van der Waals surface area contributed by atoms with Gasteiger partial charge in [0.15, 0.2) is 11.5 Å². The van der Waals surface area contributed by atoms with E-state index in [1.54, 1.807) is 30.3 Å². The Hall–Kier alpha value is -3.25. The molecule has 30 heavy (non-hydrogen) atoms. The highest BCUT2D eigenvalue weighted by Gasteiger charge is 2.13. The topological polar surface area (TPSA) is 57.9 Å². The van der Waals surface area contributed by atoms with Crippen LogP contribution in [0.4, 0.5) is 0 Å². The Bertz CT molecular complexity index is 1230. The van der Waals surface area contributed by atoms with Gasteiger partial charge in [-0.3, -0.25) is 4.79 Å². The standard InChI is InChI=1S/C24H19BrO5/c1-2-27-20-8-3-4-9-21(20)30-23-15-29-22-13-18(10-11-19(22)24(23)26)28-14-16-6-5-7-17(25)12-16/h3-13,15H,2,14H2,1H3. The fraction of sp³-hybridized carbons (Fsp3) is 0.125. The largest absolute Gasteiger partial charge is 0.490 e. The third kappa shape index (κ3) is 4.49. The molecule has 0 atom stereocenters. The average Bonchev–Trinajstić information content (AvgIpc) is 2.76. The van der Waals surface area contributed by atoms with Gasteiger partial charge < -0.3 is 18.6 Å². The van der Waals surface area contributed by atoms with Crippen LogP contribution in [0.5, 0.6) is 23.0 Å². The third-order valence-electron chi connectivity index (χ3n) is 4.38. The molecule has 0 aliphatic heterocycles. The molecule has 5 nitrogen and oxygen atoms in total. The summed E-state index contributed by atoms with van der Waals surface area (Å²) in [6.07, 6.45) is 1.31. The summed E-state index contributed by atoms with van der Waals surface area (Å²) in [5.41, 5.74) is 1.20. The van der Waals surface area contributed by atoms with E-state index in [0.29, 0.717) is 41.4 Å². The molecular weight excluding hydrogens is 448 g/mol. The van der Waals surface area contributed by atoms with E-state index < -0.39 is 0 Å². The number of ether oxygens (including phenoxy) is 3. The number of rotatable bonds is 7. The van der Waals surface area contributed by atoms with Crippen molar-refractivity contribution in [3.8, 4) is 23.0 Å². The number of hydrogen-bond donors (Lipinski definition) is 0. The van der Waals surface area contributed by atoms with E-state index in [2.05, 4.69) is 15.9 Å². The minimum Gasteiger partial charge on any atom is -0.490 e. The van der Waals surface area contributed by atoms with Crippen molar-refractivity contribution >= 4 is 26.9 Å². The molecule has 0 unspecified atom stereocenters. The van der Waals surface area contributed by atoms with Crippen molar-refractivity contribution in [2.45, 2.75) is 13.5 Å². The van der Waals surface area contributed by atoms with E-state index >= 15 is 0 Å². The molecule has 4 rings (SSSR count). The lowest BCUT2D eigenvalue weighted by molar-refractivity contribution is 0.306. The smallest absolute Gasteiger partial charge is 0.235 e. The molecule has 4 aromatic rings. The number of benzene rings is 3. The van der Waals surface area contributed by atoms with Crippen molar-refractivity contribution in [1.29, 1.82) is 0 Å². The fourth-order valence-corrected chi connectivity index (χ4v) is 3.42. The Balaban J connectivity index is 1.56. The zero-order valence-electron chi connectivity index (χ0n) is 16.3. The van der Waals surface area contributed by atoms with Crippen LogP contribution in [-0.4, -0.2) is 6.61 Å². The summed E-state index contributed by atoms with van der Waals surface area (Å²) in [6.45, 7) is 2.79. The van der Waals surface area contributed by atoms with Crippen LogP contribution in [0.1, 0.15) is 12.5 Å². The average molecular weight is 467 g/mol. The SMILES string of the molecule is CCOc1ccccc1Oc1coc2cc(OCc3cccc(Br)c3)ccc2c1=O. The highest BCUT2D eigenvalue weighted by molar-refractivity contribution is 9.10. The van der Waals surface area contributed by atoms with Crippen LogP contribution in [-0.2, 0) is 6.61 Å². The van der Waals surface area contributed by atoms with Gasteiger partial charge in [-0.15, -0.1) is 0 Å². The minimum atomic E-state index is -0.263. The predicted molar refractivity (Wildman–Crippen MR) is 119 cm³/mol. The zero-order chi connectivity index (χ0) is 20.9. The molecule has 1 aromatic heterocycles. The molecule has 152 valence electrons. The molecule has 3 aromatic carbocycles. The summed E-state index contributed by atoms with van der Waals surface area (Å²) >= 11 is 3.45. The molecule has 0 aliphatic rings. The van der Waals surface area contributed by atoms with Crippen LogP contribution < -0.4 is 19.6 Å². The number of hydrogen-bond acceptors (Lipinski definition) is 5. The molecule has 0 aliphatic carbocycles. The number of para-hydroxylation sites is 2. The van der Waals surface area contributed by atoms with Gasteiger partial charge >= 0.3 is 0 Å². The van der Waals surface area contributed by atoms with Gasteiger partial charge in [-0.1, -0.05) is 40.2 Å². The van der Waals surface area contributed by atoms with Crippen LogP contribution in [0.3, 0.4) is 0 Å². The summed E-state index contributed by atoms with van der Waals surface area (Å²) in [6, 6.07) is 20.2. The summed E-state index contributed by atoms with van der Waals surface area (Å²) in [4.78, 5) is 12.9. The van der Waals surface area contributed by atoms with Gasteiger partial charge in [-0.25, -0.2) is 0 Å². The second-order valence-corrected chi connectivity index (χ2v) is 7.40. The Morgan fingerprint density at radius 3 is 2.53 bits per heavy atom. The van der Waals surface area contributed by atoms with Crippen molar-refractivity contribution in [1.82, 2.24) is 0 Å². The van der Waals surface area contributed by atoms with Crippen molar-refractivity contribution in [3.05, 3.63) is 93.3 Å². The van der Waals surface area contributed by atoms with E-state index in [9.17, 15) is 4.79 Å². The molecule has 0 saturated carbocycles. The lowest BCUT2D eigenvalue weighted by Gasteiger charge is -2.11. The molecule has 0 radical (unpaired) electrons. The predicted octanol–water partition coefficient (Wildman–Crippen LogP) is 6.33. The fourth-order valence-electron chi connectivity index (χ4n) is 2.97. The quantitative estimate of drug-likeness (QED) is 0.318. The van der Waals surface area contributed by atoms with Crippen LogP contribution in [0.25, 0.3) is 11.0 Å². The van der Waals surface area contributed by atoms with Gasteiger partial charge in [0, 0.05) is 10.5 Å². The number of fused-ring (bicyclic) bond motifs is 1. The van der Waals surface area contributed by atoms with E-state index in [-0.39, 0.29) is 11.2 Å². The summed E-state index contributed by atoms with van der Waals surface area (Å²) in [7, 11) is 0. The molecule has 0 N–H and O–H groups in total. The Morgan fingerprint density at radius 1 is 0.900 bits per heavy atom. The highest BCUT2D eigenvalue weighted by atomic mass is 79.9. The molecule has 0 fully saturated rings. The first-order chi connectivity index (χ1) is 14.6. The second-order valence-electron chi connectivity index (χ2n) is 6.49. The molecule has 0 amide bonds. The maximum atomic E-state index is 12.9. The molecule has 0 bridgehead atoms. The monoisotopic (exact) mass is 466 g/mol. The summed E-state index contributed by atoms with van der Waals surface area (Å²) < 4.78 is 23.8. The van der Waals surface area contributed by atoms with Crippen LogP contribution in [0.15, 0.2) is 86.7 Å². The number of halogens is 1. The molecule has 1 heterocycles. The zero-order valence-corrected chi connectivity index (χ0v) is 17.8. The van der Waals surface area contributed by atoms with Crippen molar-refractivity contribution in [3.63, 3.8) is 0 Å². The lowest BCUT2D eigenvalue weighted by Crippen LogP contribution is -2.06. The molecule has 0 spiro atoms. The normalized spacial score (nSPS) is 10.7. The van der Waals surface area contributed by atoms with E-state index in [1.165, 1.54) is 6.26 Å². The maximum absolute atomic E-state index is 12.9. The van der Waals surface area contributed by atoms with Crippen LogP contribution >= 0.6 is 15.9 Å². The summed E-state index contributed by atoms with van der Waals surface area (Å²) in [5.74, 6) is 1.73. The Labute approximate surface area is 181 Å². The van der Waals surface area contributed by atoms with Crippen molar-refractivity contribution in [2.24, 2.45) is 0 Å². The second kappa shape index (κ2) is 9.05. The van der Waals surface area contributed by atoms with E-state index in [0.717, 1.165) is 10.0 Å². The van der Waals surface area contributed by atoms with Gasteiger partial charge in [0.05, 0.1) is 12.0 Å². The first-order valence-corrected chi connectivity index (χ1v) is 10.3. The highest BCUT2D eigenvalue weighted by Crippen LogP contribution is 2.31. The van der Waals surface area contributed by atoms with Gasteiger partial charge in [0.2, 0.25) is 11.2 Å². The first kappa shape index (κ1) is 20.0. The maximum Gasteiger partial charge on any atom is 0.235 e. The van der Waals surface area contributed by atoms with Gasteiger partial charge in [0.25, 0.3) is 0 Å². The van der Waals surface area contributed by atoms with Gasteiger partial charge in [0.1, 0.15) is 24.2 Å². The molecule has 0 saturated heterocycles. The summed E-state index contributed by atoms with van der Waals surface area (Å²) in [5, 5.41) is 0.413. The van der Waals surface area contributed by atoms with Gasteiger partial charge in [-0.2, -0.15) is 0 Å². The first-order valence-electron chi connectivity index (χ1n) is 9.46. The molecule has 6 heteroatoms.